The third-order valence-corrected chi connectivity index (χ3v) is 5.27. The molecule has 4 nitrogen and oxygen atoms in total. The fraction of sp³-hybridized carbons (Fsp3) is 0.826. The molecule has 34 heavy (non-hydrogen) atoms. The van der Waals surface area contributed by atoms with Crippen LogP contribution in [0.25, 0.3) is 0 Å². The number of halogens is 7. The summed E-state index contributed by atoms with van der Waals surface area (Å²) in [6.07, 6.45) is 6.68. The quantitative estimate of drug-likeness (QED) is 0.0876. The smallest absolute Gasteiger partial charge is 0.460 e. The van der Waals surface area contributed by atoms with Gasteiger partial charge in [-0.1, -0.05) is 83.6 Å². The van der Waals surface area contributed by atoms with E-state index in [1.54, 1.807) is 0 Å². The van der Waals surface area contributed by atoms with Gasteiger partial charge < -0.3 is 10.1 Å². The minimum Gasteiger partial charge on any atom is -0.464 e. The van der Waals surface area contributed by atoms with Crippen molar-refractivity contribution in [3.05, 3.63) is 12.7 Å². The molecule has 1 amide bonds. The molecule has 0 aromatic carbocycles. The fourth-order valence-corrected chi connectivity index (χ4v) is 3.17. The molecule has 0 aliphatic rings. The van der Waals surface area contributed by atoms with Gasteiger partial charge in [0.05, 0.1) is 6.61 Å². The maximum atomic E-state index is 13.5. The van der Waals surface area contributed by atoms with Crippen molar-refractivity contribution in [1.29, 1.82) is 0 Å². The largest absolute Gasteiger partial charge is 0.464 e. The normalized spacial score (nSPS) is 13.4. The zero-order valence-electron chi connectivity index (χ0n) is 19.6. The summed E-state index contributed by atoms with van der Waals surface area (Å²) in [6, 6.07) is -1.86. The predicted octanol–water partition coefficient (Wildman–Crippen LogP) is 7.12. The summed E-state index contributed by atoms with van der Waals surface area (Å²) in [6.45, 7) is 5.31. The lowest BCUT2D eigenvalue weighted by Gasteiger charge is -2.28. The van der Waals surface area contributed by atoms with E-state index in [0.717, 1.165) is 38.2 Å². The number of nitrogens with one attached hydrogen (secondary N) is 1. The number of carbonyl (C=O) groups excluding carboxylic acids is 2. The SMILES string of the molecule is C=CCC(NC(=O)C(F)(F)C(F)(F)C(F)(F)F)C(=O)OCCCCCCCCCCCCCC. The number of unbranched alkanes of at least 4 members (excludes halogenated alkanes) is 11. The Labute approximate surface area is 196 Å². The van der Waals surface area contributed by atoms with Gasteiger partial charge in [-0.2, -0.15) is 30.7 Å². The number of hydrogen-bond donors (Lipinski definition) is 1. The molecule has 0 saturated heterocycles. The van der Waals surface area contributed by atoms with Gasteiger partial charge in [0.25, 0.3) is 5.91 Å². The summed E-state index contributed by atoms with van der Waals surface area (Å²) in [5.74, 6) is -16.9. The Morgan fingerprint density at radius 3 is 1.68 bits per heavy atom. The van der Waals surface area contributed by atoms with Crippen molar-refractivity contribution in [3.63, 3.8) is 0 Å². The number of alkyl halides is 7. The molecular formula is C23H36F7NO3. The Morgan fingerprint density at radius 1 is 0.824 bits per heavy atom. The third-order valence-electron chi connectivity index (χ3n) is 5.27. The highest BCUT2D eigenvalue weighted by atomic mass is 19.4. The predicted molar refractivity (Wildman–Crippen MR) is 115 cm³/mol. The highest BCUT2D eigenvalue weighted by Crippen LogP contribution is 2.46. The van der Waals surface area contributed by atoms with E-state index in [9.17, 15) is 40.3 Å². The average molecular weight is 508 g/mol. The summed E-state index contributed by atoms with van der Waals surface area (Å²) in [7, 11) is 0. The van der Waals surface area contributed by atoms with E-state index >= 15 is 0 Å². The molecule has 0 aromatic heterocycles. The molecule has 0 aromatic rings. The number of ether oxygens (including phenoxy) is 1. The van der Waals surface area contributed by atoms with Gasteiger partial charge in [0, 0.05) is 0 Å². The maximum Gasteiger partial charge on any atom is 0.460 e. The first-order valence-electron chi connectivity index (χ1n) is 11.7. The summed E-state index contributed by atoms with van der Waals surface area (Å²) in [5.41, 5.74) is 0. The topological polar surface area (TPSA) is 55.4 Å². The second-order valence-electron chi connectivity index (χ2n) is 8.25. The van der Waals surface area contributed by atoms with Crippen LogP contribution in [-0.4, -0.2) is 42.5 Å². The minimum absolute atomic E-state index is 0.102. The first-order chi connectivity index (χ1) is 15.8. The van der Waals surface area contributed by atoms with Gasteiger partial charge in [-0.15, -0.1) is 6.58 Å². The number of rotatable bonds is 19. The van der Waals surface area contributed by atoms with E-state index in [-0.39, 0.29) is 6.61 Å². The summed E-state index contributed by atoms with van der Waals surface area (Å²) in [5, 5.41) is 1.22. The lowest BCUT2D eigenvalue weighted by molar-refractivity contribution is -0.344. The van der Waals surface area contributed by atoms with Crippen LogP contribution in [0.15, 0.2) is 12.7 Å². The van der Waals surface area contributed by atoms with Gasteiger partial charge in [0.1, 0.15) is 6.04 Å². The maximum absolute atomic E-state index is 13.5. The van der Waals surface area contributed by atoms with Crippen LogP contribution in [0, 0.1) is 0 Å². The van der Waals surface area contributed by atoms with Gasteiger partial charge in [0.2, 0.25) is 0 Å². The molecule has 0 saturated carbocycles. The van der Waals surface area contributed by atoms with E-state index in [4.69, 9.17) is 4.74 Å². The first kappa shape index (κ1) is 32.2. The van der Waals surface area contributed by atoms with Crippen molar-refractivity contribution in [1.82, 2.24) is 5.32 Å². The lowest BCUT2D eigenvalue weighted by atomic mass is 10.1. The molecule has 0 aliphatic carbocycles. The second kappa shape index (κ2) is 16.0. The van der Waals surface area contributed by atoms with Gasteiger partial charge in [-0.25, -0.2) is 4.79 Å². The highest BCUT2D eigenvalue weighted by molar-refractivity contribution is 5.89. The summed E-state index contributed by atoms with van der Waals surface area (Å²) < 4.78 is 94.5. The van der Waals surface area contributed by atoms with E-state index in [2.05, 4.69) is 13.5 Å². The Bertz CT molecular complexity index is 610. The van der Waals surface area contributed by atoms with Gasteiger partial charge in [0.15, 0.2) is 0 Å². The average Bonchev–Trinajstić information content (AvgIpc) is 2.75. The van der Waals surface area contributed by atoms with E-state index in [1.165, 1.54) is 43.8 Å². The van der Waals surface area contributed by atoms with E-state index in [1.807, 2.05) is 0 Å². The van der Waals surface area contributed by atoms with Crippen LogP contribution in [0.2, 0.25) is 0 Å². The van der Waals surface area contributed by atoms with Crippen LogP contribution in [0.3, 0.4) is 0 Å². The zero-order valence-corrected chi connectivity index (χ0v) is 19.6. The molecule has 0 heterocycles. The Kier molecular flexibility index (Phi) is 15.1. The van der Waals surface area contributed by atoms with Crippen LogP contribution in [0.1, 0.15) is 90.4 Å². The molecule has 1 N–H and O–H groups in total. The van der Waals surface area contributed by atoms with Crippen LogP contribution in [0.5, 0.6) is 0 Å². The number of esters is 1. The molecule has 0 rings (SSSR count). The molecule has 0 aliphatic heterocycles. The highest BCUT2D eigenvalue weighted by Gasteiger charge is 2.76. The standard InChI is InChI=1S/C23H36F7NO3/c1-3-5-6-7-8-9-10-11-12-13-14-15-17-34-19(32)18(16-4-2)31-20(33)21(24,25)22(26,27)23(28,29)30/h4,18H,2-3,5-17H2,1H3,(H,31,33). The fourth-order valence-electron chi connectivity index (χ4n) is 3.17. The van der Waals surface area contributed by atoms with Crippen LogP contribution in [-0.2, 0) is 14.3 Å². The van der Waals surface area contributed by atoms with Crippen molar-refractivity contribution in [2.24, 2.45) is 0 Å². The molecule has 11 heteroatoms. The lowest BCUT2D eigenvalue weighted by Crippen LogP contribution is -2.61. The first-order valence-corrected chi connectivity index (χ1v) is 11.7. The second-order valence-corrected chi connectivity index (χ2v) is 8.25. The molecule has 1 unspecified atom stereocenters. The number of amides is 1. The number of hydrogen-bond acceptors (Lipinski definition) is 3. The Hall–Kier alpha value is -1.81. The van der Waals surface area contributed by atoms with Crippen molar-refractivity contribution in [2.45, 2.75) is 114 Å². The summed E-state index contributed by atoms with van der Waals surface area (Å²) >= 11 is 0. The molecule has 0 fully saturated rings. The van der Waals surface area contributed by atoms with Gasteiger partial charge >= 0.3 is 24.0 Å². The van der Waals surface area contributed by atoms with Crippen molar-refractivity contribution in [3.8, 4) is 0 Å². The Balaban J connectivity index is 4.30. The molecule has 200 valence electrons. The molecule has 0 radical (unpaired) electrons. The molecular weight excluding hydrogens is 471 g/mol. The van der Waals surface area contributed by atoms with Crippen molar-refractivity contribution >= 4 is 11.9 Å². The van der Waals surface area contributed by atoms with Crippen molar-refractivity contribution < 1.29 is 45.1 Å². The van der Waals surface area contributed by atoms with E-state index in [0.29, 0.717) is 6.42 Å². The van der Waals surface area contributed by atoms with Crippen molar-refractivity contribution in [2.75, 3.05) is 6.61 Å². The van der Waals surface area contributed by atoms with Crippen LogP contribution >= 0.6 is 0 Å². The molecule has 1 atom stereocenters. The monoisotopic (exact) mass is 507 g/mol. The van der Waals surface area contributed by atoms with Gasteiger partial charge in [-0.05, 0) is 12.8 Å². The zero-order chi connectivity index (χ0) is 26.3. The van der Waals surface area contributed by atoms with Crippen LogP contribution < -0.4 is 5.32 Å². The van der Waals surface area contributed by atoms with E-state index < -0.39 is 42.4 Å². The molecule has 0 spiro atoms. The number of carbonyl (C=O) groups is 2. The summed E-state index contributed by atoms with van der Waals surface area (Å²) in [4.78, 5) is 23.5. The van der Waals surface area contributed by atoms with Gasteiger partial charge in [-0.3, -0.25) is 4.79 Å². The molecule has 0 bridgehead atoms. The Morgan fingerprint density at radius 2 is 1.26 bits per heavy atom. The van der Waals surface area contributed by atoms with Crippen LogP contribution in [0.4, 0.5) is 30.7 Å². The third kappa shape index (κ3) is 11.1. The minimum atomic E-state index is -6.66.